The summed E-state index contributed by atoms with van der Waals surface area (Å²) in [5.41, 5.74) is 7.29. The summed E-state index contributed by atoms with van der Waals surface area (Å²) < 4.78 is 0. The van der Waals surface area contributed by atoms with E-state index in [1.165, 1.54) is 0 Å². The van der Waals surface area contributed by atoms with Crippen molar-refractivity contribution in [3.63, 3.8) is 0 Å². The van der Waals surface area contributed by atoms with Gasteiger partial charge in [0.05, 0.1) is 12.1 Å². The maximum Gasteiger partial charge on any atom is 0.241 e. The minimum Gasteiger partial charge on any atom is -0.399 e. The van der Waals surface area contributed by atoms with Crippen LogP contribution in [0.15, 0.2) is 30.3 Å². The molecule has 1 amide bonds. The van der Waals surface area contributed by atoms with Crippen molar-refractivity contribution in [1.82, 2.24) is 9.88 Å². The SMILES string of the molecule is CCN(C)C(=O)CNc1ccc2cc(N)ccc2n1. The summed E-state index contributed by atoms with van der Waals surface area (Å²) in [6, 6.07) is 9.35. The van der Waals surface area contributed by atoms with Gasteiger partial charge >= 0.3 is 0 Å². The van der Waals surface area contributed by atoms with Gasteiger partial charge in [-0.05, 0) is 37.3 Å². The fraction of sp³-hybridized carbons (Fsp3) is 0.286. The van der Waals surface area contributed by atoms with Gasteiger partial charge in [0, 0.05) is 24.7 Å². The molecule has 0 aliphatic carbocycles. The summed E-state index contributed by atoms with van der Waals surface area (Å²) in [5, 5.41) is 4.02. The number of rotatable bonds is 4. The van der Waals surface area contributed by atoms with Gasteiger partial charge in [-0.25, -0.2) is 4.98 Å². The van der Waals surface area contributed by atoms with Gasteiger partial charge in [-0.3, -0.25) is 4.79 Å². The third-order valence-corrected chi connectivity index (χ3v) is 3.03. The molecule has 100 valence electrons. The van der Waals surface area contributed by atoms with E-state index in [9.17, 15) is 4.79 Å². The van der Waals surface area contributed by atoms with Gasteiger partial charge in [-0.1, -0.05) is 0 Å². The van der Waals surface area contributed by atoms with E-state index in [-0.39, 0.29) is 12.5 Å². The first-order chi connectivity index (χ1) is 9.10. The van der Waals surface area contributed by atoms with Gasteiger partial charge in [-0.2, -0.15) is 0 Å². The van der Waals surface area contributed by atoms with Gasteiger partial charge in [0.15, 0.2) is 0 Å². The van der Waals surface area contributed by atoms with Gasteiger partial charge in [0.25, 0.3) is 0 Å². The fourth-order valence-electron chi connectivity index (χ4n) is 1.72. The Morgan fingerprint density at radius 2 is 2.16 bits per heavy atom. The van der Waals surface area contributed by atoms with E-state index in [1.807, 2.05) is 37.3 Å². The van der Waals surface area contributed by atoms with Crippen LogP contribution in [0.25, 0.3) is 10.9 Å². The van der Waals surface area contributed by atoms with Crippen LogP contribution < -0.4 is 11.1 Å². The van der Waals surface area contributed by atoms with Crippen LogP contribution in [0.4, 0.5) is 11.5 Å². The normalized spacial score (nSPS) is 10.4. The first-order valence-electron chi connectivity index (χ1n) is 6.24. The second kappa shape index (κ2) is 5.56. The van der Waals surface area contributed by atoms with Gasteiger partial charge < -0.3 is 16.0 Å². The molecule has 0 saturated heterocycles. The molecule has 2 rings (SSSR count). The summed E-state index contributed by atoms with van der Waals surface area (Å²) in [6.45, 7) is 2.89. The van der Waals surface area contributed by atoms with Crippen molar-refractivity contribution in [1.29, 1.82) is 0 Å². The lowest BCUT2D eigenvalue weighted by Gasteiger charge is -2.15. The van der Waals surface area contributed by atoms with Crippen molar-refractivity contribution >= 4 is 28.3 Å². The largest absolute Gasteiger partial charge is 0.399 e. The number of carbonyl (C=O) groups excluding carboxylic acids is 1. The topological polar surface area (TPSA) is 71.2 Å². The highest BCUT2D eigenvalue weighted by Crippen LogP contribution is 2.17. The molecule has 0 aliphatic heterocycles. The number of benzene rings is 1. The van der Waals surface area contributed by atoms with Crippen LogP contribution in [-0.4, -0.2) is 35.9 Å². The molecule has 0 saturated carbocycles. The molecule has 5 nitrogen and oxygen atoms in total. The molecule has 0 unspecified atom stereocenters. The lowest BCUT2D eigenvalue weighted by molar-refractivity contribution is -0.127. The van der Waals surface area contributed by atoms with Crippen LogP contribution >= 0.6 is 0 Å². The summed E-state index contributed by atoms with van der Waals surface area (Å²) >= 11 is 0. The molecule has 1 aromatic carbocycles. The van der Waals surface area contributed by atoms with Gasteiger partial charge in [-0.15, -0.1) is 0 Å². The summed E-state index contributed by atoms with van der Waals surface area (Å²) in [5.74, 6) is 0.733. The first-order valence-corrected chi connectivity index (χ1v) is 6.24. The maximum atomic E-state index is 11.7. The van der Waals surface area contributed by atoms with Crippen LogP contribution in [0.2, 0.25) is 0 Å². The van der Waals surface area contributed by atoms with E-state index in [4.69, 9.17) is 5.73 Å². The number of hydrogen-bond acceptors (Lipinski definition) is 4. The molecule has 5 heteroatoms. The lowest BCUT2D eigenvalue weighted by atomic mass is 10.2. The van der Waals surface area contributed by atoms with Crippen molar-refractivity contribution in [3.8, 4) is 0 Å². The van der Waals surface area contributed by atoms with Crippen LogP contribution in [0.5, 0.6) is 0 Å². The monoisotopic (exact) mass is 258 g/mol. The molecule has 3 N–H and O–H groups in total. The standard InChI is InChI=1S/C14H18N4O/c1-3-18(2)14(19)9-16-13-7-4-10-8-11(15)5-6-12(10)17-13/h4-8H,3,9,15H2,1-2H3,(H,16,17). The number of pyridine rings is 1. The molecule has 0 radical (unpaired) electrons. The van der Waals surface area contributed by atoms with Crippen LogP contribution in [-0.2, 0) is 4.79 Å². The number of nitrogen functional groups attached to an aromatic ring is 1. The van der Waals surface area contributed by atoms with E-state index >= 15 is 0 Å². The number of anilines is 2. The Labute approximate surface area is 112 Å². The number of nitrogens with zero attached hydrogens (tertiary/aromatic N) is 2. The van der Waals surface area contributed by atoms with Crippen molar-refractivity contribution in [2.75, 3.05) is 31.2 Å². The van der Waals surface area contributed by atoms with Gasteiger partial charge in [0.1, 0.15) is 5.82 Å². The number of hydrogen-bond donors (Lipinski definition) is 2. The predicted molar refractivity (Wildman–Crippen MR) is 78.0 cm³/mol. The fourth-order valence-corrected chi connectivity index (χ4v) is 1.72. The molecule has 1 heterocycles. The molecule has 0 aliphatic rings. The van der Waals surface area contributed by atoms with Crippen LogP contribution in [0.3, 0.4) is 0 Å². The number of fused-ring (bicyclic) bond motifs is 1. The zero-order chi connectivity index (χ0) is 13.8. The first kappa shape index (κ1) is 13.1. The Bertz CT molecular complexity index is 597. The van der Waals surface area contributed by atoms with Crippen molar-refractivity contribution in [3.05, 3.63) is 30.3 Å². The third-order valence-electron chi connectivity index (χ3n) is 3.03. The number of carbonyl (C=O) groups is 1. The zero-order valence-electron chi connectivity index (χ0n) is 11.2. The van der Waals surface area contributed by atoms with E-state index in [2.05, 4.69) is 10.3 Å². The lowest BCUT2D eigenvalue weighted by Crippen LogP contribution is -2.32. The van der Waals surface area contributed by atoms with Crippen molar-refractivity contribution in [2.45, 2.75) is 6.92 Å². The molecule has 19 heavy (non-hydrogen) atoms. The highest BCUT2D eigenvalue weighted by Gasteiger charge is 2.06. The number of aromatic nitrogens is 1. The predicted octanol–water partition coefficient (Wildman–Crippen LogP) is 1.71. The minimum atomic E-state index is 0.0432. The van der Waals surface area contributed by atoms with Crippen molar-refractivity contribution in [2.24, 2.45) is 0 Å². The number of likely N-dealkylation sites (N-methyl/N-ethyl adjacent to an activating group) is 1. The average Bonchev–Trinajstić information content (AvgIpc) is 2.43. The molecule has 0 spiro atoms. The number of nitrogens with one attached hydrogen (secondary N) is 1. The molecule has 2 aromatic rings. The van der Waals surface area contributed by atoms with Gasteiger partial charge in [0.2, 0.25) is 5.91 Å². The number of nitrogens with two attached hydrogens (primary N) is 1. The van der Waals surface area contributed by atoms with E-state index in [1.54, 1.807) is 11.9 Å². The number of amides is 1. The molecule has 0 atom stereocenters. The summed E-state index contributed by atoms with van der Waals surface area (Å²) in [7, 11) is 1.78. The molecule has 0 bridgehead atoms. The molecular weight excluding hydrogens is 240 g/mol. The minimum absolute atomic E-state index is 0.0432. The van der Waals surface area contributed by atoms with E-state index < -0.39 is 0 Å². The highest BCUT2D eigenvalue weighted by atomic mass is 16.2. The third kappa shape index (κ3) is 3.13. The Kier molecular flexibility index (Phi) is 3.85. The quantitative estimate of drug-likeness (QED) is 0.819. The Morgan fingerprint density at radius 3 is 2.89 bits per heavy atom. The van der Waals surface area contributed by atoms with Crippen LogP contribution in [0.1, 0.15) is 6.92 Å². The van der Waals surface area contributed by atoms with E-state index in [0.717, 1.165) is 16.6 Å². The highest BCUT2D eigenvalue weighted by molar-refractivity contribution is 5.84. The zero-order valence-corrected chi connectivity index (χ0v) is 11.2. The average molecular weight is 258 g/mol. The smallest absolute Gasteiger partial charge is 0.241 e. The Morgan fingerprint density at radius 1 is 1.37 bits per heavy atom. The van der Waals surface area contributed by atoms with Crippen molar-refractivity contribution < 1.29 is 4.79 Å². The molecule has 0 fully saturated rings. The summed E-state index contributed by atoms with van der Waals surface area (Å²) in [6.07, 6.45) is 0. The Balaban J connectivity index is 2.09. The van der Waals surface area contributed by atoms with Crippen LogP contribution in [0, 0.1) is 0 Å². The second-order valence-electron chi connectivity index (χ2n) is 4.41. The second-order valence-corrected chi connectivity index (χ2v) is 4.41. The molecular formula is C14H18N4O. The molecule has 1 aromatic heterocycles. The van der Waals surface area contributed by atoms with E-state index in [0.29, 0.717) is 12.4 Å². The summed E-state index contributed by atoms with van der Waals surface area (Å²) in [4.78, 5) is 17.8. The Hall–Kier alpha value is -2.30. The maximum absolute atomic E-state index is 11.7.